The molecule has 0 saturated carbocycles. The second kappa shape index (κ2) is 11.1. The quantitative estimate of drug-likeness (QED) is 0.379. The van der Waals surface area contributed by atoms with Gasteiger partial charge in [0, 0.05) is 41.0 Å². The molecule has 2 aromatic carbocycles. The van der Waals surface area contributed by atoms with Gasteiger partial charge in [0.25, 0.3) is 0 Å². The average molecular weight is 450 g/mol. The highest BCUT2D eigenvalue weighted by Crippen LogP contribution is 2.24. The largest absolute Gasteiger partial charge is 0.379 e. The summed E-state index contributed by atoms with van der Waals surface area (Å²) in [6.07, 6.45) is 2.91. The Morgan fingerprint density at radius 1 is 1.06 bits per heavy atom. The lowest BCUT2D eigenvalue weighted by Crippen LogP contribution is -2.36. The first-order valence-corrected chi connectivity index (χ1v) is 11.7. The van der Waals surface area contributed by atoms with Gasteiger partial charge in [-0.2, -0.15) is 0 Å². The minimum Gasteiger partial charge on any atom is -0.379 e. The maximum Gasteiger partial charge on any atom is 0.248 e. The van der Waals surface area contributed by atoms with Gasteiger partial charge in [-0.05, 0) is 61.2 Å². The van der Waals surface area contributed by atoms with E-state index >= 15 is 0 Å². The summed E-state index contributed by atoms with van der Waals surface area (Å²) in [5, 5.41) is 3.16. The van der Waals surface area contributed by atoms with Gasteiger partial charge in [0.15, 0.2) is 0 Å². The summed E-state index contributed by atoms with van der Waals surface area (Å²) in [5.74, 6) is 1.15. The minimum atomic E-state index is -0.450. The second-order valence-electron chi connectivity index (χ2n) is 7.51. The Kier molecular flexibility index (Phi) is 7.71. The molecule has 7 nitrogen and oxygen atoms in total. The molecule has 166 valence electrons. The number of hydrogen-bond donors (Lipinski definition) is 2. The van der Waals surface area contributed by atoms with Crippen LogP contribution in [0.4, 0.5) is 11.6 Å². The van der Waals surface area contributed by atoms with E-state index in [-0.39, 0.29) is 0 Å². The number of carbonyl (C=O) groups is 1. The van der Waals surface area contributed by atoms with E-state index in [2.05, 4.69) is 44.5 Å². The molecular formula is C24H27N5O2S. The Morgan fingerprint density at radius 3 is 2.53 bits per heavy atom. The van der Waals surface area contributed by atoms with Gasteiger partial charge in [0.05, 0.1) is 18.9 Å². The zero-order valence-electron chi connectivity index (χ0n) is 17.9. The van der Waals surface area contributed by atoms with Crippen LogP contribution >= 0.6 is 11.8 Å². The van der Waals surface area contributed by atoms with Crippen LogP contribution in [0.2, 0.25) is 0 Å². The highest BCUT2D eigenvalue weighted by molar-refractivity contribution is 7.99. The molecule has 4 rings (SSSR count). The van der Waals surface area contributed by atoms with Crippen LogP contribution in [0.25, 0.3) is 11.3 Å². The first-order valence-electron chi connectivity index (χ1n) is 10.7. The Balaban J connectivity index is 1.31. The molecule has 1 amide bonds. The summed E-state index contributed by atoms with van der Waals surface area (Å²) < 4.78 is 5.40. The topological polar surface area (TPSA) is 93.4 Å². The number of aromatic nitrogens is 2. The molecule has 0 aliphatic carbocycles. The Bertz CT molecular complexity index is 1020. The minimum absolute atomic E-state index is 0.450. The molecule has 1 aliphatic rings. The summed E-state index contributed by atoms with van der Waals surface area (Å²) in [5.41, 5.74) is 8.42. The van der Waals surface area contributed by atoms with Crippen molar-refractivity contribution in [2.75, 3.05) is 43.9 Å². The standard InChI is InChI=1S/C24H27N5O2S/c25-23(30)19-2-6-20(7-3-19)27-24-26-11-10-22(28-24)18-4-8-21(9-5-18)32-17-1-12-29-13-15-31-16-14-29/h2-11H,1,12-17H2,(H2,25,30)(H,26,27,28). The van der Waals surface area contributed by atoms with Gasteiger partial charge in [-0.3, -0.25) is 9.69 Å². The molecule has 2 heterocycles. The number of morpholine rings is 1. The number of anilines is 2. The van der Waals surface area contributed by atoms with Crippen molar-refractivity contribution in [1.29, 1.82) is 0 Å². The zero-order valence-corrected chi connectivity index (χ0v) is 18.7. The molecule has 32 heavy (non-hydrogen) atoms. The summed E-state index contributed by atoms with van der Waals surface area (Å²) in [4.78, 5) is 23.8. The van der Waals surface area contributed by atoms with E-state index in [0.29, 0.717) is 11.5 Å². The van der Waals surface area contributed by atoms with E-state index in [1.165, 1.54) is 11.3 Å². The second-order valence-corrected chi connectivity index (χ2v) is 8.68. The normalized spacial score (nSPS) is 14.2. The van der Waals surface area contributed by atoms with E-state index in [1.54, 1.807) is 30.5 Å². The molecule has 1 aromatic heterocycles. The Labute approximate surface area is 192 Å². The smallest absolute Gasteiger partial charge is 0.248 e. The van der Waals surface area contributed by atoms with Crippen LogP contribution in [0.15, 0.2) is 65.7 Å². The predicted octanol–water partition coefficient (Wildman–Crippen LogP) is 3.80. The maximum absolute atomic E-state index is 11.2. The van der Waals surface area contributed by atoms with E-state index in [9.17, 15) is 4.79 Å². The van der Waals surface area contributed by atoms with Crippen molar-refractivity contribution in [3.8, 4) is 11.3 Å². The van der Waals surface area contributed by atoms with Crippen LogP contribution in [0.1, 0.15) is 16.8 Å². The van der Waals surface area contributed by atoms with Gasteiger partial charge in [0.2, 0.25) is 11.9 Å². The fraction of sp³-hybridized carbons (Fsp3) is 0.292. The number of thioether (sulfide) groups is 1. The predicted molar refractivity (Wildman–Crippen MR) is 128 cm³/mol. The highest BCUT2D eigenvalue weighted by atomic mass is 32.2. The van der Waals surface area contributed by atoms with Crippen LogP contribution in [-0.4, -0.2) is 59.4 Å². The van der Waals surface area contributed by atoms with Crippen LogP contribution < -0.4 is 11.1 Å². The number of hydrogen-bond acceptors (Lipinski definition) is 7. The van der Waals surface area contributed by atoms with Crippen LogP contribution in [-0.2, 0) is 4.74 Å². The molecule has 0 atom stereocenters. The first-order chi connectivity index (χ1) is 15.7. The summed E-state index contributed by atoms with van der Waals surface area (Å²) in [7, 11) is 0. The molecule has 1 aliphatic heterocycles. The van der Waals surface area contributed by atoms with Gasteiger partial charge in [-0.25, -0.2) is 9.97 Å². The number of nitrogens with two attached hydrogens (primary N) is 1. The number of amides is 1. The van der Waals surface area contributed by atoms with Crippen LogP contribution in [0, 0.1) is 0 Å². The first kappa shape index (κ1) is 22.3. The van der Waals surface area contributed by atoms with Gasteiger partial charge >= 0.3 is 0 Å². The molecule has 0 spiro atoms. The lowest BCUT2D eigenvalue weighted by atomic mass is 10.1. The number of ether oxygens (including phenoxy) is 1. The fourth-order valence-corrected chi connectivity index (χ4v) is 4.29. The van der Waals surface area contributed by atoms with E-state index in [1.807, 2.05) is 17.8 Å². The molecule has 8 heteroatoms. The fourth-order valence-electron chi connectivity index (χ4n) is 3.45. The number of benzene rings is 2. The highest BCUT2D eigenvalue weighted by Gasteiger charge is 2.09. The molecule has 0 unspecified atom stereocenters. The van der Waals surface area contributed by atoms with Crippen molar-refractivity contribution in [2.45, 2.75) is 11.3 Å². The maximum atomic E-state index is 11.2. The van der Waals surface area contributed by atoms with Crippen molar-refractivity contribution >= 4 is 29.3 Å². The molecule has 1 fully saturated rings. The third-order valence-electron chi connectivity index (χ3n) is 5.22. The molecule has 3 N–H and O–H groups in total. The molecular weight excluding hydrogens is 422 g/mol. The van der Waals surface area contributed by atoms with Crippen molar-refractivity contribution in [3.63, 3.8) is 0 Å². The van der Waals surface area contributed by atoms with Gasteiger partial charge in [0.1, 0.15) is 0 Å². The average Bonchev–Trinajstić information content (AvgIpc) is 2.83. The third kappa shape index (κ3) is 6.29. The van der Waals surface area contributed by atoms with Crippen molar-refractivity contribution in [1.82, 2.24) is 14.9 Å². The van der Waals surface area contributed by atoms with Crippen molar-refractivity contribution in [3.05, 3.63) is 66.4 Å². The number of primary amides is 1. The molecule has 3 aromatic rings. The van der Waals surface area contributed by atoms with Crippen molar-refractivity contribution in [2.24, 2.45) is 5.73 Å². The molecule has 0 radical (unpaired) electrons. The lowest BCUT2D eigenvalue weighted by Gasteiger charge is -2.26. The Hall–Kier alpha value is -2.94. The lowest BCUT2D eigenvalue weighted by molar-refractivity contribution is 0.0381. The van der Waals surface area contributed by atoms with Crippen molar-refractivity contribution < 1.29 is 9.53 Å². The summed E-state index contributed by atoms with van der Waals surface area (Å²) in [6, 6.07) is 17.3. The van der Waals surface area contributed by atoms with Crippen LogP contribution in [0.5, 0.6) is 0 Å². The Morgan fingerprint density at radius 2 is 1.81 bits per heavy atom. The molecule has 1 saturated heterocycles. The number of carbonyl (C=O) groups excluding carboxylic acids is 1. The number of rotatable bonds is 9. The van der Waals surface area contributed by atoms with E-state index in [0.717, 1.165) is 55.5 Å². The van der Waals surface area contributed by atoms with Gasteiger partial charge in [-0.15, -0.1) is 11.8 Å². The zero-order chi connectivity index (χ0) is 22.2. The summed E-state index contributed by atoms with van der Waals surface area (Å²) >= 11 is 1.89. The summed E-state index contributed by atoms with van der Waals surface area (Å²) in [6.45, 7) is 4.95. The van der Waals surface area contributed by atoms with E-state index in [4.69, 9.17) is 10.5 Å². The third-order valence-corrected chi connectivity index (χ3v) is 6.32. The van der Waals surface area contributed by atoms with Gasteiger partial charge < -0.3 is 15.8 Å². The number of nitrogens with zero attached hydrogens (tertiary/aromatic N) is 3. The van der Waals surface area contributed by atoms with Crippen LogP contribution in [0.3, 0.4) is 0 Å². The van der Waals surface area contributed by atoms with Gasteiger partial charge in [-0.1, -0.05) is 12.1 Å². The monoisotopic (exact) mass is 449 g/mol. The SMILES string of the molecule is NC(=O)c1ccc(Nc2nccc(-c3ccc(SCCCN4CCOCC4)cc3)n2)cc1. The van der Waals surface area contributed by atoms with E-state index < -0.39 is 5.91 Å². The number of nitrogens with one attached hydrogen (secondary N) is 1. The molecule has 0 bridgehead atoms.